The molecule has 0 aromatic rings. The minimum absolute atomic E-state index is 0.303. The maximum Gasteiger partial charge on any atom is 0.331 e. The molecule has 1 atom stereocenters. The second kappa shape index (κ2) is 4.70. The summed E-state index contributed by atoms with van der Waals surface area (Å²) in [5, 5.41) is 0. The number of aliphatic imine (C=N–C) groups is 1. The molecule has 0 radical (unpaired) electrons. The Morgan fingerprint density at radius 3 is 2.80 bits per heavy atom. The number of isocyanates is 1. The average molecular weight is 143 g/mol. The molecule has 0 spiro atoms. The van der Waals surface area contributed by atoms with Gasteiger partial charge in [0.15, 0.2) is 6.04 Å². The van der Waals surface area contributed by atoms with Crippen LogP contribution in [0.2, 0.25) is 0 Å². The Morgan fingerprint density at radius 1 is 1.80 bits per heavy atom. The zero-order valence-corrected chi connectivity index (χ0v) is 5.96. The highest BCUT2D eigenvalue weighted by molar-refractivity contribution is 5.76. The molecule has 0 saturated carbocycles. The summed E-state index contributed by atoms with van der Waals surface area (Å²) < 4.78 is 4.54. The third-order valence-corrected chi connectivity index (χ3v) is 0.874. The van der Waals surface area contributed by atoms with Crippen molar-refractivity contribution in [3.63, 3.8) is 0 Å². The molecule has 0 saturated heterocycles. The van der Waals surface area contributed by atoms with E-state index in [2.05, 4.69) is 9.73 Å². The van der Waals surface area contributed by atoms with Gasteiger partial charge in [0.25, 0.3) is 0 Å². The van der Waals surface area contributed by atoms with Gasteiger partial charge in [-0.05, 0) is 13.8 Å². The monoisotopic (exact) mass is 143 g/mol. The van der Waals surface area contributed by atoms with Gasteiger partial charge in [-0.1, -0.05) is 0 Å². The molecule has 0 bridgehead atoms. The molecule has 0 amide bonds. The Morgan fingerprint density at radius 2 is 2.40 bits per heavy atom. The van der Waals surface area contributed by atoms with Crippen LogP contribution in [0.1, 0.15) is 13.8 Å². The van der Waals surface area contributed by atoms with Crippen molar-refractivity contribution in [2.75, 3.05) is 6.61 Å². The summed E-state index contributed by atoms with van der Waals surface area (Å²) in [6, 6.07) is -0.725. The lowest BCUT2D eigenvalue weighted by atomic mass is 10.4. The Hall–Kier alpha value is -1.15. The number of rotatable bonds is 3. The van der Waals surface area contributed by atoms with E-state index in [4.69, 9.17) is 0 Å². The van der Waals surface area contributed by atoms with Crippen molar-refractivity contribution in [1.29, 1.82) is 0 Å². The average Bonchev–Trinajstić information content (AvgIpc) is 1.89. The second-order valence-corrected chi connectivity index (χ2v) is 1.65. The molecular formula is C6H9NO3. The molecule has 0 aromatic heterocycles. The summed E-state index contributed by atoms with van der Waals surface area (Å²) in [4.78, 5) is 23.4. The lowest BCUT2D eigenvalue weighted by molar-refractivity contribution is -0.144. The first-order chi connectivity index (χ1) is 4.72. The van der Waals surface area contributed by atoms with Gasteiger partial charge in [0.2, 0.25) is 6.08 Å². The first kappa shape index (κ1) is 8.85. The molecule has 4 heteroatoms. The Labute approximate surface area is 58.9 Å². The summed E-state index contributed by atoms with van der Waals surface area (Å²) in [7, 11) is 0. The fourth-order valence-corrected chi connectivity index (χ4v) is 0.395. The Bertz CT molecular complexity index is 160. The lowest BCUT2D eigenvalue weighted by Gasteiger charge is -2.01. The summed E-state index contributed by atoms with van der Waals surface area (Å²) in [5.74, 6) is -0.495. The highest BCUT2D eigenvalue weighted by Gasteiger charge is 2.10. The zero-order valence-electron chi connectivity index (χ0n) is 5.96. The van der Waals surface area contributed by atoms with Crippen LogP contribution in [0.3, 0.4) is 0 Å². The predicted molar refractivity (Wildman–Crippen MR) is 34.2 cm³/mol. The first-order valence-electron chi connectivity index (χ1n) is 2.96. The second-order valence-electron chi connectivity index (χ2n) is 1.65. The van der Waals surface area contributed by atoms with Crippen LogP contribution in [0.15, 0.2) is 4.99 Å². The van der Waals surface area contributed by atoms with Crippen LogP contribution in [0.25, 0.3) is 0 Å². The maximum absolute atomic E-state index is 10.6. The third kappa shape index (κ3) is 2.99. The van der Waals surface area contributed by atoms with Crippen molar-refractivity contribution in [3.8, 4) is 0 Å². The fraction of sp³-hybridized carbons (Fsp3) is 0.667. The van der Waals surface area contributed by atoms with Crippen LogP contribution in [0.4, 0.5) is 0 Å². The molecule has 0 aliphatic rings. The molecule has 0 heterocycles. The van der Waals surface area contributed by atoms with Crippen molar-refractivity contribution in [2.45, 2.75) is 19.9 Å². The van der Waals surface area contributed by atoms with Gasteiger partial charge in [-0.15, -0.1) is 0 Å². The minimum atomic E-state index is -0.725. The predicted octanol–water partition coefficient (Wildman–Crippen LogP) is 0.274. The summed E-state index contributed by atoms with van der Waals surface area (Å²) >= 11 is 0. The number of hydrogen-bond acceptors (Lipinski definition) is 4. The van der Waals surface area contributed by atoms with E-state index in [1.54, 1.807) is 6.92 Å². The Kier molecular flexibility index (Phi) is 4.16. The molecule has 10 heavy (non-hydrogen) atoms. The third-order valence-electron chi connectivity index (χ3n) is 0.874. The molecule has 0 aliphatic carbocycles. The number of esters is 1. The molecule has 56 valence electrons. The van der Waals surface area contributed by atoms with Gasteiger partial charge in [-0.3, -0.25) is 0 Å². The summed E-state index contributed by atoms with van der Waals surface area (Å²) in [5.41, 5.74) is 0. The van der Waals surface area contributed by atoms with Gasteiger partial charge in [-0.2, -0.15) is 4.99 Å². The lowest BCUT2D eigenvalue weighted by Crippen LogP contribution is -2.17. The van der Waals surface area contributed by atoms with Crippen molar-refractivity contribution >= 4 is 12.0 Å². The molecule has 0 aliphatic heterocycles. The van der Waals surface area contributed by atoms with Crippen LogP contribution in [0.5, 0.6) is 0 Å². The number of hydrogen-bond donors (Lipinski definition) is 0. The van der Waals surface area contributed by atoms with Gasteiger partial charge in [0.05, 0.1) is 6.61 Å². The standard InChI is InChI=1S/C6H9NO3/c1-3-10-6(9)5(2)7-4-8/h5H,3H2,1-2H3. The van der Waals surface area contributed by atoms with Gasteiger partial charge in [0, 0.05) is 0 Å². The van der Waals surface area contributed by atoms with Gasteiger partial charge >= 0.3 is 5.97 Å². The van der Waals surface area contributed by atoms with E-state index in [0.717, 1.165) is 0 Å². The van der Waals surface area contributed by atoms with Crippen LogP contribution in [-0.4, -0.2) is 24.7 Å². The molecule has 0 rings (SSSR count). The zero-order chi connectivity index (χ0) is 7.98. The SMILES string of the molecule is CCOC(=O)C(C)N=C=O. The molecule has 0 aromatic carbocycles. The Balaban J connectivity index is 3.81. The first-order valence-corrected chi connectivity index (χ1v) is 2.96. The van der Waals surface area contributed by atoms with Crippen molar-refractivity contribution in [3.05, 3.63) is 0 Å². The number of carbonyl (C=O) groups is 1. The molecular weight excluding hydrogens is 134 g/mol. The highest BCUT2D eigenvalue weighted by atomic mass is 16.5. The number of carbonyl (C=O) groups excluding carboxylic acids is 2. The van der Waals surface area contributed by atoms with Crippen LogP contribution >= 0.6 is 0 Å². The van der Waals surface area contributed by atoms with E-state index in [1.807, 2.05) is 0 Å². The van der Waals surface area contributed by atoms with Crippen molar-refractivity contribution < 1.29 is 14.3 Å². The number of nitrogens with zero attached hydrogens (tertiary/aromatic N) is 1. The molecule has 0 fully saturated rings. The van der Waals surface area contributed by atoms with E-state index < -0.39 is 12.0 Å². The van der Waals surface area contributed by atoms with Gasteiger partial charge in [0.1, 0.15) is 0 Å². The quantitative estimate of drug-likeness (QED) is 0.324. The summed E-state index contributed by atoms with van der Waals surface area (Å²) in [6.07, 6.45) is 1.28. The minimum Gasteiger partial charge on any atom is -0.464 e. The highest BCUT2D eigenvalue weighted by Crippen LogP contribution is 1.91. The molecule has 0 N–H and O–H groups in total. The van der Waals surface area contributed by atoms with Crippen molar-refractivity contribution in [1.82, 2.24) is 0 Å². The topological polar surface area (TPSA) is 55.7 Å². The normalized spacial score (nSPS) is 11.4. The van der Waals surface area contributed by atoms with E-state index in [-0.39, 0.29) is 0 Å². The summed E-state index contributed by atoms with van der Waals surface area (Å²) in [6.45, 7) is 3.47. The maximum atomic E-state index is 10.6. The molecule has 4 nitrogen and oxygen atoms in total. The van der Waals surface area contributed by atoms with Crippen LogP contribution < -0.4 is 0 Å². The van der Waals surface area contributed by atoms with Gasteiger partial charge in [-0.25, -0.2) is 9.59 Å². The van der Waals surface area contributed by atoms with Crippen molar-refractivity contribution in [2.24, 2.45) is 4.99 Å². The van der Waals surface area contributed by atoms with E-state index in [9.17, 15) is 9.59 Å². The van der Waals surface area contributed by atoms with Crippen LogP contribution in [0, 0.1) is 0 Å². The van der Waals surface area contributed by atoms with E-state index >= 15 is 0 Å². The van der Waals surface area contributed by atoms with E-state index in [0.29, 0.717) is 6.61 Å². The number of ether oxygens (including phenoxy) is 1. The largest absolute Gasteiger partial charge is 0.464 e. The smallest absolute Gasteiger partial charge is 0.331 e. The van der Waals surface area contributed by atoms with E-state index in [1.165, 1.54) is 13.0 Å². The van der Waals surface area contributed by atoms with Crippen LogP contribution in [-0.2, 0) is 14.3 Å². The van der Waals surface area contributed by atoms with Gasteiger partial charge < -0.3 is 4.74 Å². The molecule has 1 unspecified atom stereocenters. The fourth-order valence-electron chi connectivity index (χ4n) is 0.395.